The Balaban J connectivity index is 1.71. The zero-order chi connectivity index (χ0) is 24.9. The van der Waals surface area contributed by atoms with Gasteiger partial charge in [0.25, 0.3) is 0 Å². The Hall–Kier alpha value is -3.94. The van der Waals surface area contributed by atoms with Crippen LogP contribution in [0.1, 0.15) is 36.9 Å². The topological polar surface area (TPSA) is 93.2 Å². The maximum absolute atomic E-state index is 13.9. The average molecular weight is 475 g/mol. The molecule has 3 aliphatic rings. The SMILES string of the molecule is COC(=O)C[C@H]1c2ccccc2C2=C(C[C@@H](C)[C@H]3C(=O)N(c4ccccc4)C(=O)[C@@H]23)N1C(=O)OC. The smallest absolute Gasteiger partial charge is 0.414 e. The quantitative estimate of drug-likeness (QED) is 0.494. The number of esters is 1. The number of carbonyl (C=O) groups is 4. The summed E-state index contributed by atoms with van der Waals surface area (Å²) < 4.78 is 10.0. The van der Waals surface area contributed by atoms with Gasteiger partial charge in [0.1, 0.15) is 0 Å². The summed E-state index contributed by atoms with van der Waals surface area (Å²) in [4.78, 5) is 55.6. The van der Waals surface area contributed by atoms with Gasteiger partial charge in [-0.3, -0.25) is 19.3 Å². The minimum Gasteiger partial charge on any atom is -0.469 e. The van der Waals surface area contributed by atoms with Crippen LogP contribution in [0, 0.1) is 17.8 Å². The molecule has 0 unspecified atom stereocenters. The largest absolute Gasteiger partial charge is 0.469 e. The fourth-order valence-corrected chi connectivity index (χ4v) is 5.81. The second-order valence-electron chi connectivity index (χ2n) is 9.12. The highest BCUT2D eigenvalue weighted by Gasteiger charge is 2.57. The fraction of sp³-hybridized carbons (Fsp3) is 0.333. The zero-order valence-electron chi connectivity index (χ0n) is 19.8. The molecule has 5 rings (SSSR count). The lowest BCUT2D eigenvalue weighted by molar-refractivity contribution is -0.141. The zero-order valence-corrected chi connectivity index (χ0v) is 19.8. The number of hydrogen-bond acceptors (Lipinski definition) is 6. The van der Waals surface area contributed by atoms with Gasteiger partial charge in [-0.15, -0.1) is 0 Å². The van der Waals surface area contributed by atoms with Crippen LogP contribution < -0.4 is 4.90 Å². The minimum absolute atomic E-state index is 0.0646. The maximum atomic E-state index is 13.9. The van der Waals surface area contributed by atoms with E-state index < -0.39 is 29.9 Å². The van der Waals surface area contributed by atoms with Gasteiger partial charge in [-0.05, 0) is 41.2 Å². The van der Waals surface area contributed by atoms with Crippen LogP contribution in [0.3, 0.4) is 0 Å². The van der Waals surface area contributed by atoms with Crippen molar-refractivity contribution in [2.75, 3.05) is 19.1 Å². The molecule has 2 aromatic carbocycles. The Morgan fingerprint density at radius 1 is 0.943 bits per heavy atom. The number of hydrogen-bond donors (Lipinski definition) is 0. The van der Waals surface area contributed by atoms with E-state index in [-0.39, 0.29) is 24.2 Å². The molecule has 0 saturated carbocycles. The molecule has 0 radical (unpaired) electrons. The van der Waals surface area contributed by atoms with E-state index in [1.165, 1.54) is 24.0 Å². The van der Waals surface area contributed by atoms with Gasteiger partial charge in [0.05, 0.1) is 44.2 Å². The standard InChI is InChI=1S/C27H26N2O6/c1-15-13-20-23(24-22(15)25(31)28(26(24)32)16-9-5-4-6-10-16)18-12-8-7-11-17(18)19(14-21(30)34-2)29(20)27(33)35-3/h4-12,15,19,22,24H,13-14H2,1-3H3/t15-,19+,22-,24-/m1/s1. The van der Waals surface area contributed by atoms with Crippen LogP contribution in [0.25, 0.3) is 5.57 Å². The van der Waals surface area contributed by atoms with Gasteiger partial charge in [0, 0.05) is 5.70 Å². The summed E-state index contributed by atoms with van der Waals surface area (Å²) in [5.74, 6) is -2.51. The summed E-state index contributed by atoms with van der Waals surface area (Å²) in [6.07, 6.45) is -0.298. The molecule has 2 heterocycles. The normalized spacial score (nSPS) is 25.1. The summed E-state index contributed by atoms with van der Waals surface area (Å²) in [7, 11) is 2.59. The lowest BCUT2D eigenvalue weighted by atomic mass is 9.67. The Morgan fingerprint density at radius 2 is 1.63 bits per heavy atom. The van der Waals surface area contributed by atoms with E-state index in [4.69, 9.17) is 9.47 Å². The van der Waals surface area contributed by atoms with Gasteiger partial charge in [0.15, 0.2) is 0 Å². The highest BCUT2D eigenvalue weighted by Crippen LogP contribution is 2.55. The number of amides is 3. The summed E-state index contributed by atoms with van der Waals surface area (Å²) >= 11 is 0. The molecule has 0 spiro atoms. The summed E-state index contributed by atoms with van der Waals surface area (Å²) in [5, 5.41) is 0. The van der Waals surface area contributed by atoms with Crippen molar-refractivity contribution in [3.63, 3.8) is 0 Å². The first kappa shape index (κ1) is 22.8. The van der Waals surface area contributed by atoms with E-state index in [2.05, 4.69) is 0 Å². The van der Waals surface area contributed by atoms with Crippen LogP contribution in [0.2, 0.25) is 0 Å². The van der Waals surface area contributed by atoms with Crippen molar-refractivity contribution < 1.29 is 28.7 Å². The number of methoxy groups -OCH3 is 2. The first-order valence-corrected chi connectivity index (χ1v) is 11.6. The number of rotatable bonds is 3. The van der Waals surface area contributed by atoms with E-state index in [1.807, 2.05) is 37.3 Å². The number of allylic oxidation sites excluding steroid dienone is 1. The molecule has 1 fully saturated rings. The van der Waals surface area contributed by atoms with E-state index >= 15 is 0 Å². The number of imide groups is 1. The molecule has 0 aromatic heterocycles. The molecule has 1 aliphatic carbocycles. The molecule has 3 amide bonds. The predicted molar refractivity (Wildman–Crippen MR) is 127 cm³/mol. The fourth-order valence-electron chi connectivity index (χ4n) is 5.81. The molecular weight excluding hydrogens is 448 g/mol. The molecule has 180 valence electrons. The van der Waals surface area contributed by atoms with E-state index in [1.54, 1.807) is 24.3 Å². The van der Waals surface area contributed by atoms with E-state index in [0.29, 0.717) is 28.9 Å². The average Bonchev–Trinajstić information content (AvgIpc) is 3.14. The van der Waals surface area contributed by atoms with E-state index in [0.717, 1.165) is 5.56 Å². The molecule has 2 aromatic rings. The van der Waals surface area contributed by atoms with Gasteiger partial charge < -0.3 is 9.47 Å². The molecule has 0 bridgehead atoms. The maximum Gasteiger partial charge on any atom is 0.414 e. The van der Waals surface area contributed by atoms with Crippen molar-refractivity contribution in [2.45, 2.75) is 25.8 Å². The minimum atomic E-state index is -0.742. The summed E-state index contributed by atoms with van der Waals surface area (Å²) in [6, 6.07) is 15.7. The molecule has 4 atom stereocenters. The van der Waals surface area contributed by atoms with Gasteiger partial charge >= 0.3 is 12.1 Å². The van der Waals surface area contributed by atoms with Crippen molar-refractivity contribution in [1.82, 2.24) is 4.90 Å². The van der Waals surface area contributed by atoms with Crippen LogP contribution in [0.4, 0.5) is 10.5 Å². The van der Waals surface area contributed by atoms with Crippen LogP contribution in [-0.4, -0.2) is 43.0 Å². The molecular formula is C27H26N2O6. The van der Waals surface area contributed by atoms with Gasteiger partial charge in [0.2, 0.25) is 11.8 Å². The van der Waals surface area contributed by atoms with Crippen LogP contribution in [-0.2, 0) is 23.9 Å². The van der Waals surface area contributed by atoms with Crippen LogP contribution >= 0.6 is 0 Å². The van der Waals surface area contributed by atoms with Crippen LogP contribution in [0.5, 0.6) is 0 Å². The Labute approximate surface area is 203 Å². The van der Waals surface area contributed by atoms with E-state index in [9.17, 15) is 19.2 Å². The van der Waals surface area contributed by atoms with Gasteiger partial charge in [-0.1, -0.05) is 49.4 Å². The molecule has 35 heavy (non-hydrogen) atoms. The molecule has 0 N–H and O–H groups in total. The number of para-hydroxylation sites is 1. The van der Waals surface area contributed by atoms with Crippen molar-refractivity contribution in [1.29, 1.82) is 0 Å². The lowest BCUT2D eigenvalue weighted by Crippen LogP contribution is -2.44. The van der Waals surface area contributed by atoms with Crippen molar-refractivity contribution in [3.8, 4) is 0 Å². The Kier molecular flexibility index (Phi) is 5.67. The molecule has 1 saturated heterocycles. The molecule has 2 aliphatic heterocycles. The third-order valence-corrected chi connectivity index (χ3v) is 7.29. The number of nitrogens with zero attached hydrogens (tertiary/aromatic N) is 2. The first-order valence-electron chi connectivity index (χ1n) is 11.6. The second kappa shape index (κ2) is 8.69. The first-order chi connectivity index (χ1) is 16.9. The van der Waals surface area contributed by atoms with Crippen molar-refractivity contribution >= 4 is 35.1 Å². The summed E-state index contributed by atoms with van der Waals surface area (Å²) in [5.41, 5.74) is 3.30. The number of benzene rings is 2. The number of fused-ring (bicyclic) bond motifs is 4. The van der Waals surface area contributed by atoms with Crippen molar-refractivity contribution in [2.24, 2.45) is 17.8 Å². The molecule has 8 heteroatoms. The Morgan fingerprint density at radius 3 is 2.31 bits per heavy atom. The highest BCUT2D eigenvalue weighted by molar-refractivity contribution is 6.25. The second-order valence-corrected chi connectivity index (χ2v) is 9.12. The number of carbonyl (C=O) groups excluding carboxylic acids is 4. The lowest BCUT2D eigenvalue weighted by Gasteiger charge is -2.44. The third-order valence-electron chi connectivity index (χ3n) is 7.29. The summed E-state index contributed by atoms with van der Waals surface area (Å²) in [6.45, 7) is 1.92. The predicted octanol–water partition coefficient (Wildman–Crippen LogP) is 3.93. The number of anilines is 1. The van der Waals surface area contributed by atoms with Gasteiger partial charge in [-0.2, -0.15) is 0 Å². The highest BCUT2D eigenvalue weighted by atomic mass is 16.5. The number of ether oxygens (including phenoxy) is 2. The molecule has 8 nitrogen and oxygen atoms in total. The van der Waals surface area contributed by atoms with Crippen LogP contribution in [0.15, 0.2) is 60.3 Å². The third kappa shape index (κ3) is 3.43. The monoisotopic (exact) mass is 474 g/mol. The van der Waals surface area contributed by atoms with Crippen molar-refractivity contribution in [3.05, 3.63) is 71.4 Å². The Bertz CT molecular complexity index is 1250. The van der Waals surface area contributed by atoms with Gasteiger partial charge in [-0.25, -0.2) is 9.69 Å².